The molecule has 0 spiro atoms. The van der Waals surface area contributed by atoms with Gasteiger partial charge in [-0.15, -0.1) is 0 Å². The molecule has 0 amide bonds. The number of nitrogen functional groups attached to an aromatic ring is 1. The van der Waals surface area contributed by atoms with Gasteiger partial charge in [0.1, 0.15) is 24.6 Å². The van der Waals surface area contributed by atoms with Crippen molar-refractivity contribution in [2.75, 3.05) is 12.3 Å². The molecule has 1 aromatic rings. The second-order valence-electron chi connectivity index (χ2n) is 15.1. The molecule has 1 aliphatic rings. The zero-order chi connectivity index (χ0) is 39.2. The van der Waals surface area contributed by atoms with E-state index in [0.29, 0.717) is 12.8 Å². The summed E-state index contributed by atoms with van der Waals surface area (Å²) in [6.07, 6.45) is 27.5. The Morgan fingerprint density at radius 2 is 1.20 bits per heavy atom. The Balaban J connectivity index is 1.79. The first kappa shape index (κ1) is 47.0. The van der Waals surface area contributed by atoms with Crippen LogP contribution in [0.15, 0.2) is 16.1 Å². The third-order valence-electron chi connectivity index (χ3n) is 10.3. The molecule has 3 N–H and O–H groups in total. The summed E-state index contributed by atoms with van der Waals surface area (Å²) in [5.74, 6) is -1.19. The molecule has 1 fully saturated rings. The quantitative estimate of drug-likeness (QED) is 0.0231. The van der Waals surface area contributed by atoms with Gasteiger partial charge in [-0.3, -0.25) is 14.2 Å². The maximum atomic E-state index is 12.9. The topological polar surface area (TPSA) is 192 Å². The van der Waals surface area contributed by atoms with Crippen LogP contribution in [0.5, 0.6) is 0 Å². The summed E-state index contributed by atoms with van der Waals surface area (Å²) in [6.45, 7) is 4.20. The normalized spacial score (nSPS) is 18.1. The van der Waals surface area contributed by atoms with E-state index >= 15 is 0 Å². The summed E-state index contributed by atoms with van der Waals surface area (Å²) in [6, 6.07) is 0. The number of azide groups is 1. The number of unbranched alkanes of at least 4 members (excludes halogenated alkanes) is 24. The van der Waals surface area contributed by atoms with Gasteiger partial charge in [-0.25, -0.2) is 4.79 Å². The molecular weight excluding hydrogens is 688 g/mol. The van der Waals surface area contributed by atoms with Crippen LogP contribution in [-0.4, -0.2) is 51.5 Å². The minimum atomic E-state index is -1.49. The average molecular weight is 761 g/mol. The fourth-order valence-corrected chi connectivity index (χ4v) is 7.04. The Bertz CT molecular complexity index is 1270. The van der Waals surface area contributed by atoms with Crippen LogP contribution in [0.2, 0.25) is 0 Å². The molecule has 0 radical (unpaired) electrons. The summed E-state index contributed by atoms with van der Waals surface area (Å²) < 4.78 is 18.1. The number of ether oxygens (including phenoxy) is 3. The number of aliphatic hydroxyl groups is 1. The Morgan fingerprint density at radius 1 is 0.778 bits per heavy atom. The maximum absolute atomic E-state index is 12.9. The van der Waals surface area contributed by atoms with E-state index in [0.717, 1.165) is 49.3 Å². The van der Waals surface area contributed by atoms with E-state index in [1.165, 1.54) is 116 Å². The number of aromatic nitrogens is 2. The van der Waals surface area contributed by atoms with E-state index in [1.54, 1.807) is 0 Å². The smallest absolute Gasteiger partial charge is 0.351 e. The lowest BCUT2D eigenvalue weighted by atomic mass is 10.0. The van der Waals surface area contributed by atoms with Crippen molar-refractivity contribution in [3.05, 3.63) is 27.1 Å². The number of carbonyl (C=O) groups excluding carboxylic acids is 2. The van der Waals surface area contributed by atoms with Gasteiger partial charge >= 0.3 is 17.6 Å². The number of carbonyl (C=O) groups is 2. The van der Waals surface area contributed by atoms with Crippen molar-refractivity contribution in [1.82, 2.24) is 9.55 Å². The third kappa shape index (κ3) is 20.0. The molecule has 1 aromatic heterocycles. The van der Waals surface area contributed by atoms with E-state index in [-0.39, 0.29) is 31.0 Å². The van der Waals surface area contributed by atoms with E-state index in [4.69, 9.17) is 25.5 Å². The Labute approximate surface area is 324 Å². The van der Waals surface area contributed by atoms with Gasteiger partial charge in [0.2, 0.25) is 0 Å². The van der Waals surface area contributed by atoms with Crippen LogP contribution in [0.25, 0.3) is 10.4 Å². The van der Waals surface area contributed by atoms with E-state index < -0.39 is 42.2 Å². The molecule has 0 aromatic carbocycles. The molecule has 1 aliphatic heterocycles. The summed E-state index contributed by atoms with van der Waals surface area (Å²) >= 11 is 0. The number of nitrogens with two attached hydrogens (primary N) is 1. The van der Waals surface area contributed by atoms with Gasteiger partial charge in [0.15, 0.2) is 12.3 Å². The Kier molecular flexibility index (Phi) is 26.2. The molecule has 13 nitrogen and oxygen atoms in total. The molecule has 0 saturated carbocycles. The van der Waals surface area contributed by atoms with Crippen molar-refractivity contribution in [2.24, 2.45) is 5.11 Å². The molecular formula is C41H72N6O7. The van der Waals surface area contributed by atoms with Crippen LogP contribution in [0, 0.1) is 0 Å². The van der Waals surface area contributed by atoms with E-state index in [9.17, 15) is 19.5 Å². The van der Waals surface area contributed by atoms with Gasteiger partial charge in [0.25, 0.3) is 0 Å². The zero-order valence-corrected chi connectivity index (χ0v) is 33.6. The largest absolute Gasteiger partial charge is 0.463 e. The van der Waals surface area contributed by atoms with Crippen molar-refractivity contribution < 1.29 is 28.9 Å². The molecule has 0 unspecified atom stereocenters. The molecule has 4 atom stereocenters. The van der Waals surface area contributed by atoms with Gasteiger partial charge in [-0.1, -0.05) is 173 Å². The second kappa shape index (κ2) is 30.1. The first-order valence-corrected chi connectivity index (χ1v) is 21.4. The van der Waals surface area contributed by atoms with Crippen LogP contribution in [0.1, 0.15) is 200 Å². The van der Waals surface area contributed by atoms with Crippen molar-refractivity contribution in [2.45, 2.75) is 218 Å². The molecule has 0 aliphatic carbocycles. The molecule has 2 rings (SSSR count). The van der Waals surface area contributed by atoms with Crippen molar-refractivity contribution >= 4 is 23.4 Å². The number of nitrogens with zero attached hydrogens (tertiary/aromatic N) is 5. The van der Waals surface area contributed by atoms with Crippen LogP contribution < -0.4 is 11.4 Å². The van der Waals surface area contributed by atoms with Crippen LogP contribution in [0.3, 0.4) is 0 Å². The van der Waals surface area contributed by atoms with E-state index in [2.05, 4.69) is 28.9 Å². The lowest BCUT2D eigenvalue weighted by molar-refractivity contribution is -0.160. The Hall–Kier alpha value is -3.15. The van der Waals surface area contributed by atoms with Crippen LogP contribution >= 0.6 is 0 Å². The predicted octanol–water partition coefficient (Wildman–Crippen LogP) is 10.4. The summed E-state index contributed by atoms with van der Waals surface area (Å²) in [5.41, 5.74) is 13.6. The second-order valence-corrected chi connectivity index (χ2v) is 15.1. The predicted molar refractivity (Wildman–Crippen MR) is 213 cm³/mol. The minimum Gasteiger partial charge on any atom is -0.463 e. The highest BCUT2D eigenvalue weighted by molar-refractivity contribution is 5.70. The fraction of sp³-hybridized carbons (Fsp3) is 0.854. The maximum Gasteiger partial charge on any atom is 0.351 e. The molecule has 13 heteroatoms. The summed E-state index contributed by atoms with van der Waals surface area (Å²) in [5, 5.41) is 14.7. The Morgan fingerprint density at radius 3 is 1.65 bits per heavy atom. The first-order chi connectivity index (χ1) is 26.3. The van der Waals surface area contributed by atoms with Crippen LogP contribution in [-0.2, 0) is 23.8 Å². The van der Waals surface area contributed by atoms with Gasteiger partial charge in [-0.05, 0) is 18.4 Å². The number of hydrogen-bond donors (Lipinski definition) is 2. The van der Waals surface area contributed by atoms with Gasteiger partial charge < -0.3 is 25.1 Å². The number of anilines is 1. The number of hydrogen-bond acceptors (Lipinski definition) is 10. The van der Waals surface area contributed by atoms with Gasteiger partial charge in [-0.2, -0.15) is 4.98 Å². The zero-order valence-electron chi connectivity index (χ0n) is 33.6. The summed E-state index contributed by atoms with van der Waals surface area (Å²) in [4.78, 5) is 44.7. The highest BCUT2D eigenvalue weighted by Gasteiger charge is 2.48. The highest BCUT2D eigenvalue weighted by Crippen LogP contribution is 2.33. The van der Waals surface area contributed by atoms with Crippen molar-refractivity contribution in [3.63, 3.8) is 0 Å². The lowest BCUT2D eigenvalue weighted by Gasteiger charge is -2.21. The number of esters is 2. The average Bonchev–Trinajstić information content (AvgIpc) is 3.45. The SMILES string of the molecule is CCCCCCCCCCCCCCCC(=O)OC[C@H]1O[C@@H](n2cc(N=[N+]=[N-])c(N)nc2=O)[C@@H](O)[C@@H]1OC(=O)CCCCCCCCCCCCCCC. The molecule has 1 saturated heterocycles. The molecule has 0 bridgehead atoms. The van der Waals surface area contributed by atoms with E-state index in [1.807, 2.05) is 0 Å². The molecule has 308 valence electrons. The van der Waals surface area contributed by atoms with Crippen molar-refractivity contribution in [1.29, 1.82) is 0 Å². The van der Waals surface area contributed by atoms with Gasteiger partial charge in [0.05, 0.1) is 5.69 Å². The monoisotopic (exact) mass is 761 g/mol. The highest BCUT2D eigenvalue weighted by atomic mass is 16.6. The standard InChI is InChI=1S/C41H72N6O7/c1-3-5-7-9-11-13-15-17-19-21-23-25-27-29-35(48)52-32-34-38(37(50)40(53-34)47-31-33(45-46-43)39(42)44-41(47)51)54-36(49)30-28-26-24-22-20-18-16-14-12-10-8-6-4-2/h31,34,37-38,40,50H,3-30,32H2,1-2H3,(H2,42,44,51)/t34-,37+,38-,40-/m1/s1. The summed E-state index contributed by atoms with van der Waals surface area (Å²) in [7, 11) is 0. The van der Waals surface area contributed by atoms with Crippen LogP contribution in [0.4, 0.5) is 11.5 Å². The van der Waals surface area contributed by atoms with Gasteiger partial charge in [0, 0.05) is 24.0 Å². The minimum absolute atomic E-state index is 0.128. The van der Waals surface area contributed by atoms with Crippen molar-refractivity contribution in [3.8, 4) is 0 Å². The lowest BCUT2D eigenvalue weighted by Crippen LogP contribution is -2.39. The molecule has 2 heterocycles. The number of rotatable bonds is 33. The molecule has 54 heavy (non-hydrogen) atoms. The number of aliphatic hydroxyl groups excluding tert-OH is 1. The first-order valence-electron chi connectivity index (χ1n) is 21.4. The third-order valence-corrected chi connectivity index (χ3v) is 10.3. The fourth-order valence-electron chi connectivity index (χ4n) is 7.04.